The molecule has 2 aromatic rings. The predicted molar refractivity (Wildman–Crippen MR) is 98.6 cm³/mol. The van der Waals surface area contributed by atoms with E-state index in [0.29, 0.717) is 19.0 Å². The molecule has 1 aromatic heterocycles. The van der Waals surface area contributed by atoms with Gasteiger partial charge in [0, 0.05) is 24.7 Å². The van der Waals surface area contributed by atoms with Gasteiger partial charge in [0.2, 0.25) is 5.91 Å². The van der Waals surface area contributed by atoms with E-state index in [0.717, 1.165) is 19.0 Å². The molecule has 1 amide bonds. The molecule has 0 aliphatic carbocycles. The van der Waals surface area contributed by atoms with Gasteiger partial charge in [-0.2, -0.15) is 13.2 Å². The first-order valence-corrected chi connectivity index (χ1v) is 9.22. The Morgan fingerprint density at radius 2 is 1.83 bits per heavy atom. The molecule has 0 unspecified atom stereocenters. The van der Waals surface area contributed by atoms with Crippen molar-refractivity contribution >= 4 is 28.6 Å². The molecule has 0 atom stereocenters. The number of hydrogen-bond donors (Lipinski definition) is 0. The maximum absolute atomic E-state index is 13.0. The van der Waals surface area contributed by atoms with Crippen LogP contribution in [0, 0.1) is 5.92 Å². The van der Waals surface area contributed by atoms with Crippen LogP contribution in [0.15, 0.2) is 24.4 Å². The first-order valence-electron chi connectivity index (χ1n) is 9.22. The van der Waals surface area contributed by atoms with Gasteiger partial charge in [-0.3, -0.25) is 9.59 Å². The lowest BCUT2D eigenvalue weighted by molar-refractivity contribution is -0.133. The lowest BCUT2D eigenvalue weighted by Gasteiger charge is -2.30. The highest BCUT2D eigenvalue weighted by Gasteiger charge is 2.41. The largest absolute Gasteiger partial charge is 0.465 e. The van der Waals surface area contributed by atoms with E-state index in [2.05, 4.69) is 11.7 Å². The third-order valence-electron chi connectivity index (χ3n) is 5.25. The van der Waals surface area contributed by atoms with Crippen LogP contribution in [0.3, 0.4) is 0 Å². The van der Waals surface area contributed by atoms with Gasteiger partial charge in [0.15, 0.2) is 0 Å². The minimum atomic E-state index is -5.05. The van der Waals surface area contributed by atoms with Gasteiger partial charge in [-0.25, -0.2) is 4.79 Å². The highest BCUT2D eigenvalue weighted by Crippen LogP contribution is 2.30. The molecule has 0 spiro atoms. The smallest absolute Gasteiger partial charge is 0.454 e. The summed E-state index contributed by atoms with van der Waals surface area (Å²) < 4.78 is 45.0. The third-order valence-corrected chi connectivity index (χ3v) is 5.25. The maximum Gasteiger partial charge on any atom is 0.454 e. The maximum atomic E-state index is 13.0. The molecule has 0 bridgehead atoms. The van der Waals surface area contributed by atoms with Crippen molar-refractivity contribution in [2.75, 3.05) is 20.2 Å². The number of ketones is 1. The van der Waals surface area contributed by atoms with Crippen molar-refractivity contribution in [1.29, 1.82) is 0 Å². The van der Waals surface area contributed by atoms with Gasteiger partial charge in [-0.15, -0.1) is 0 Å². The Hall–Kier alpha value is -2.84. The van der Waals surface area contributed by atoms with Crippen molar-refractivity contribution in [1.82, 2.24) is 9.47 Å². The van der Waals surface area contributed by atoms with Gasteiger partial charge < -0.3 is 14.2 Å². The standard InChI is InChI=1S/C20H21F3N2O4/c1-12-5-7-24(8-6-12)17(26)11-25-10-15(18(27)20(21,22)23)14-4-3-13(9-16(14)25)19(28)29-2/h3-4,9-10,12H,5-8,11H2,1-2H3. The molecule has 1 aliphatic rings. The minimum absolute atomic E-state index is 0.0278. The molecule has 1 aromatic carbocycles. The molecule has 2 heterocycles. The summed E-state index contributed by atoms with van der Waals surface area (Å²) in [6, 6.07) is 3.89. The van der Waals surface area contributed by atoms with Gasteiger partial charge in [-0.1, -0.05) is 13.0 Å². The summed E-state index contributed by atoms with van der Waals surface area (Å²) in [5.74, 6) is -2.39. The summed E-state index contributed by atoms with van der Waals surface area (Å²) in [7, 11) is 1.19. The summed E-state index contributed by atoms with van der Waals surface area (Å²) in [6.45, 7) is 3.05. The summed E-state index contributed by atoms with van der Waals surface area (Å²) in [6.07, 6.45) is -2.29. The van der Waals surface area contributed by atoms with Crippen LogP contribution in [-0.4, -0.2) is 53.5 Å². The van der Waals surface area contributed by atoms with Crippen molar-refractivity contribution < 1.29 is 32.3 Å². The average Bonchev–Trinajstić information content (AvgIpc) is 3.04. The Morgan fingerprint density at radius 1 is 1.17 bits per heavy atom. The number of carbonyl (C=O) groups is 3. The zero-order valence-electron chi connectivity index (χ0n) is 16.1. The van der Waals surface area contributed by atoms with E-state index >= 15 is 0 Å². The average molecular weight is 410 g/mol. The first-order chi connectivity index (χ1) is 13.6. The molecule has 29 heavy (non-hydrogen) atoms. The Kier molecular flexibility index (Phi) is 5.68. The third kappa shape index (κ3) is 4.28. The first kappa shape index (κ1) is 20.9. The molecule has 0 saturated carbocycles. The summed E-state index contributed by atoms with van der Waals surface area (Å²) in [4.78, 5) is 38.0. The second-order valence-corrected chi connectivity index (χ2v) is 7.28. The zero-order chi connectivity index (χ0) is 21.3. The number of fused-ring (bicyclic) bond motifs is 1. The van der Waals surface area contributed by atoms with Gasteiger partial charge in [-0.05, 0) is 30.9 Å². The Balaban J connectivity index is 2.01. The van der Waals surface area contributed by atoms with E-state index in [1.54, 1.807) is 4.90 Å². The molecule has 6 nitrogen and oxygen atoms in total. The number of nitrogens with zero attached hydrogens (tertiary/aromatic N) is 2. The van der Waals surface area contributed by atoms with E-state index in [1.807, 2.05) is 0 Å². The number of esters is 1. The Labute approximate surface area is 165 Å². The topological polar surface area (TPSA) is 68.6 Å². The molecule has 0 radical (unpaired) electrons. The van der Waals surface area contributed by atoms with Gasteiger partial charge >= 0.3 is 12.1 Å². The summed E-state index contributed by atoms with van der Waals surface area (Å²) in [5, 5.41) is 0.0278. The molecule has 3 rings (SSSR count). The molecule has 9 heteroatoms. The van der Waals surface area contributed by atoms with Crippen LogP contribution < -0.4 is 0 Å². The van der Waals surface area contributed by atoms with E-state index < -0.39 is 23.5 Å². The number of halogens is 3. The molecule has 1 fully saturated rings. The highest BCUT2D eigenvalue weighted by atomic mass is 19.4. The van der Waals surface area contributed by atoms with Gasteiger partial charge in [0.1, 0.15) is 6.54 Å². The number of carbonyl (C=O) groups excluding carboxylic acids is 3. The number of aromatic nitrogens is 1. The molecular formula is C20H21F3N2O4. The molecule has 156 valence electrons. The lowest BCUT2D eigenvalue weighted by atomic mass is 9.99. The Morgan fingerprint density at radius 3 is 2.41 bits per heavy atom. The Bertz CT molecular complexity index is 957. The van der Waals surface area contributed by atoms with Crippen molar-refractivity contribution in [2.45, 2.75) is 32.5 Å². The zero-order valence-corrected chi connectivity index (χ0v) is 16.1. The van der Waals surface area contributed by atoms with Crippen LogP contribution in [0.1, 0.15) is 40.5 Å². The van der Waals surface area contributed by atoms with Crippen molar-refractivity contribution in [3.05, 3.63) is 35.5 Å². The van der Waals surface area contributed by atoms with E-state index in [1.165, 1.54) is 29.9 Å². The normalized spacial score (nSPS) is 15.6. The number of ether oxygens (including phenoxy) is 1. The fourth-order valence-electron chi connectivity index (χ4n) is 3.50. The fourth-order valence-corrected chi connectivity index (χ4v) is 3.50. The van der Waals surface area contributed by atoms with E-state index in [9.17, 15) is 27.6 Å². The number of piperidine rings is 1. The fraction of sp³-hybridized carbons (Fsp3) is 0.450. The number of alkyl halides is 3. The van der Waals surface area contributed by atoms with Crippen molar-refractivity contribution in [2.24, 2.45) is 5.92 Å². The van der Waals surface area contributed by atoms with Crippen LogP contribution >= 0.6 is 0 Å². The van der Waals surface area contributed by atoms with Crippen LogP contribution in [0.5, 0.6) is 0 Å². The molecular weight excluding hydrogens is 389 g/mol. The summed E-state index contributed by atoms with van der Waals surface area (Å²) >= 11 is 0. The number of methoxy groups -OCH3 is 1. The highest BCUT2D eigenvalue weighted by molar-refractivity contribution is 6.11. The lowest BCUT2D eigenvalue weighted by Crippen LogP contribution is -2.39. The quantitative estimate of drug-likeness (QED) is 0.572. The second kappa shape index (κ2) is 7.88. The molecule has 1 saturated heterocycles. The van der Waals surface area contributed by atoms with Crippen LogP contribution in [0.25, 0.3) is 10.9 Å². The monoisotopic (exact) mass is 410 g/mol. The number of Topliss-reactive ketones (excluding diaryl/α,β-unsaturated/α-hetero) is 1. The number of rotatable bonds is 4. The van der Waals surface area contributed by atoms with E-state index in [4.69, 9.17) is 0 Å². The van der Waals surface area contributed by atoms with Crippen LogP contribution in [0.4, 0.5) is 13.2 Å². The predicted octanol–water partition coefficient (Wildman–Crippen LogP) is 3.43. The molecule has 1 aliphatic heterocycles. The van der Waals surface area contributed by atoms with Crippen molar-refractivity contribution in [3.8, 4) is 0 Å². The number of hydrogen-bond acceptors (Lipinski definition) is 4. The van der Waals surface area contributed by atoms with Gasteiger partial charge in [0.25, 0.3) is 5.78 Å². The van der Waals surface area contributed by atoms with Crippen LogP contribution in [0.2, 0.25) is 0 Å². The molecule has 0 N–H and O–H groups in total. The van der Waals surface area contributed by atoms with Crippen LogP contribution in [-0.2, 0) is 16.1 Å². The minimum Gasteiger partial charge on any atom is -0.465 e. The number of amides is 1. The summed E-state index contributed by atoms with van der Waals surface area (Å²) in [5.41, 5.74) is -0.243. The van der Waals surface area contributed by atoms with Gasteiger partial charge in [0.05, 0.1) is 23.8 Å². The number of likely N-dealkylation sites (tertiary alicyclic amines) is 1. The SMILES string of the molecule is COC(=O)c1ccc2c(C(=O)C(F)(F)F)cn(CC(=O)N3CCC(C)CC3)c2c1. The van der Waals surface area contributed by atoms with E-state index in [-0.39, 0.29) is 28.9 Å². The van der Waals surface area contributed by atoms with Crippen molar-refractivity contribution in [3.63, 3.8) is 0 Å². The second-order valence-electron chi connectivity index (χ2n) is 7.28. The number of benzene rings is 1.